The van der Waals surface area contributed by atoms with Crippen molar-refractivity contribution in [3.05, 3.63) is 101 Å². The van der Waals surface area contributed by atoms with Gasteiger partial charge in [0, 0.05) is 25.4 Å². The van der Waals surface area contributed by atoms with Crippen molar-refractivity contribution >= 4 is 17.7 Å². The number of amides is 3. The Morgan fingerprint density at radius 1 is 1.03 bits per heavy atom. The lowest BCUT2D eigenvalue weighted by Crippen LogP contribution is -2.47. The molecular formula is C27H21F3N4O4. The highest BCUT2D eigenvalue weighted by atomic mass is 19.4. The minimum atomic E-state index is -4.63. The fourth-order valence-corrected chi connectivity index (χ4v) is 4.53. The number of rotatable bonds is 7. The van der Waals surface area contributed by atoms with Crippen molar-refractivity contribution in [1.29, 1.82) is 0 Å². The van der Waals surface area contributed by atoms with Crippen LogP contribution in [0.2, 0.25) is 0 Å². The third-order valence-corrected chi connectivity index (χ3v) is 6.35. The van der Waals surface area contributed by atoms with Crippen LogP contribution in [0, 0.1) is 0 Å². The van der Waals surface area contributed by atoms with Gasteiger partial charge in [-0.25, -0.2) is 0 Å². The molecule has 2 aromatic heterocycles. The number of nitrogens with one attached hydrogen (secondary N) is 1. The Balaban J connectivity index is 1.43. The molecule has 2 aromatic carbocycles. The second kappa shape index (κ2) is 9.66. The Hall–Kier alpha value is -4.67. The van der Waals surface area contributed by atoms with E-state index in [9.17, 15) is 27.6 Å². The van der Waals surface area contributed by atoms with Gasteiger partial charge in [0.15, 0.2) is 5.76 Å². The van der Waals surface area contributed by atoms with Gasteiger partial charge in [-0.2, -0.15) is 18.3 Å². The molecule has 0 saturated heterocycles. The predicted octanol–water partition coefficient (Wildman–Crippen LogP) is 4.34. The van der Waals surface area contributed by atoms with E-state index in [1.165, 1.54) is 42.7 Å². The van der Waals surface area contributed by atoms with E-state index in [4.69, 9.17) is 4.42 Å². The third-order valence-electron chi connectivity index (χ3n) is 6.35. The summed E-state index contributed by atoms with van der Waals surface area (Å²) in [5.74, 6) is -1.95. The lowest BCUT2D eigenvalue weighted by Gasteiger charge is -2.25. The number of alkyl halides is 3. The van der Waals surface area contributed by atoms with Gasteiger partial charge in [0.2, 0.25) is 0 Å². The Labute approximate surface area is 214 Å². The van der Waals surface area contributed by atoms with E-state index >= 15 is 0 Å². The quantitative estimate of drug-likeness (QED) is 0.365. The minimum Gasteiger partial charge on any atom is -0.458 e. The number of aryl methyl sites for hydroxylation is 1. The maximum Gasteiger partial charge on any atom is 0.416 e. The Morgan fingerprint density at radius 2 is 1.68 bits per heavy atom. The van der Waals surface area contributed by atoms with E-state index in [1.54, 1.807) is 36.1 Å². The van der Waals surface area contributed by atoms with E-state index in [0.717, 1.165) is 11.0 Å². The maximum atomic E-state index is 13.7. The van der Waals surface area contributed by atoms with Crippen LogP contribution < -0.4 is 5.32 Å². The first kappa shape index (κ1) is 25.0. The van der Waals surface area contributed by atoms with Gasteiger partial charge >= 0.3 is 6.18 Å². The van der Waals surface area contributed by atoms with Crippen molar-refractivity contribution < 1.29 is 32.0 Å². The van der Waals surface area contributed by atoms with E-state index in [2.05, 4.69) is 10.4 Å². The van der Waals surface area contributed by atoms with E-state index in [0.29, 0.717) is 11.3 Å². The number of hydrogen-bond acceptors (Lipinski definition) is 5. The number of hydrogen-bond donors (Lipinski definition) is 1. The normalized spacial score (nSPS) is 14.1. The van der Waals surface area contributed by atoms with Gasteiger partial charge in [-0.05, 0) is 42.3 Å². The second-order valence-electron chi connectivity index (χ2n) is 8.84. The molecule has 8 nitrogen and oxygen atoms in total. The van der Waals surface area contributed by atoms with Crippen LogP contribution in [0.25, 0.3) is 11.3 Å². The molecule has 1 N–H and O–H groups in total. The van der Waals surface area contributed by atoms with Crippen LogP contribution in [0.4, 0.5) is 13.2 Å². The highest BCUT2D eigenvalue weighted by Crippen LogP contribution is 2.33. The third kappa shape index (κ3) is 4.70. The summed E-state index contributed by atoms with van der Waals surface area (Å²) in [5.41, 5.74) is 0.717. The van der Waals surface area contributed by atoms with Crippen LogP contribution in [0.15, 0.2) is 77.5 Å². The van der Waals surface area contributed by atoms with E-state index < -0.39 is 35.5 Å². The van der Waals surface area contributed by atoms with Crippen molar-refractivity contribution in [2.24, 2.45) is 7.05 Å². The molecule has 0 fully saturated rings. The molecule has 1 aliphatic heterocycles. The van der Waals surface area contributed by atoms with Crippen LogP contribution in [-0.4, -0.2) is 45.0 Å². The number of fused-ring (bicyclic) bond motifs is 1. The molecule has 0 aliphatic carbocycles. The fourth-order valence-electron chi connectivity index (χ4n) is 4.53. The summed E-state index contributed by atoms with van der Waals surface area (Å²) in [5, 5.41) is 6.73. The topological polar surface area (TPSA) is 97.4 Å². The molecule has 194 valence electrons. The second-order valence-corrected chi connectivity index (χ2v) is 8.84. The smallest absolute Gasteiger partial charge is 0.416 e. The first-order valence-corrected chi connectivity index (χ1v) is 11.6. The van der Waals surface area contributed by atoms with Gasteiger partial charge in [-0.15, -0.1) is 0 Å². The molecule has 0 saturated carbocycles. The molecule has 4 aromatic rings. The summed E-state index contributed by atoms with van der Waals surface area (Å²) in [6.45, 7) is -0.334. The highest BCUT2D eigenvalue weighted by molar-refractivity contribution is 6.21. The average Bonchev–Trinajstić information content (AvgIpc) is 3.59. The molecule has 11 heteroatoms. The zero-order valence-electron chi connectivity index (χ0n) is 20.0. The van der Waals surface area contributed by atoms with Crippen molar-refractivity contribution in [2.45, 2.75) is 18.6 Å². The van der Waals surface area contributed by atoms with Gasteiger partial charge in [0.05, 0.1) is 28.4 Å². The molecule has 0 radical (unpaired) electrons. The van der Waals surface area contributed by atoms with Crippen LogP contribution in [0.5, 0.6) is 0 Å². The average molecular weight is 522 g/mol. The van der Waals surface area contributed by atoms with Crippen molar-refractivity contribution in [1.82, 2.24) is 20.0 Å². The molecule has 1 atom stereocenters. The number of benzene rings is 2. The summed E-state index contributed by atoms with van der Waals surface area (Å²) in [7, 11) is 1.72. The van der Waals surface area contributed by atoms with Crippen LogP contribution in [0.1, 0.15) is 42.4 Å². The first-order valence-electron chi connectivity index (χ1n) is 11.6. The number of carbonyl (C=O) groups excluding carboxylic acids is 3. The number of furan rings is 1. The monoisotopic (exact) mass is 522 g/mol. The summed E-state index contributed by atoms with van der Waals surface area (Å²) in [4.78, 5) is 39.9. The molecular weight excluding hydrogens is 501 g/mol. The number of aromatic nitrogens is 2. The molecule has 1 unspecified atom stereocenters. The lowest BCUT2D eigenvalue weighted by molar-refractivity contribution is -0.138. The van der Waals surface area contributed by atoms with Crippen LogP contribution in [-0.2, 0) is 19.6 Å². The lowest BCUT2D eigenvalue weighted by atomic mass is 9.99. The maximum absolute atomic E-state index is 13.7. The molecule has 0 spiro atoms. The van der Waals surface area contributed by atoms with Gasteiger partial charge in [-0.1, -0.05) is 30.3 Å². The van der Waals surface area contributed by atoms with Gasteiger partial charge < -0.3 is 9.73 Å². The molecule has 1 aliphatic rings. The molecule has 3 amide bonds. The van der Waals surface area contributed by atoms with Gasteiger partial charge in [-0.3, -0.25) is 24.0 Å². The summed E-state index contributed by atoms with van der Waals surface area (Å²) < 4.78 is 48.0. The zero-order valence-corrected chi connectivity index (χ0v) is 20.0. The predicted molar refractivity (Wildman–Crippen MR) is 129 cm³/mol. The summed E-state index contributed by atoms with van der Waals surface area (Å²) in [6.07, 6.45) is -1.97. The van der Waals surface area contributed by atoms with Gasteiger partial charge in [0.1, 0.15) is 6.26 Å². The number of imide groups is 1. The minimum absolute atomic E-state index is 0.0855. The van der Waals surface area contributed by atoms with E-state index in [-0.39, 0.29) is 35.4 Å². The van der Waals surface area contributed by atoms with Crippen molar-refractivity contribution in [2.75, 3.05) is 6.54 Å². The molecule has 3 heterocycles. The largest absolute Gasteiger partial charge is 0.458 e. The van der Waals surface area contributed by atoms with Crippen LogP contribution >= 0.6 is 0 Å². The standard InChI is InChI=1S/C27H21F3N4O4/c1-33-22(10-11-31-33)17-13-23(38-15-17)24(35)32-18(12-16-6-2-5-9-21(16)27(28,29)30)14-34-25(36)19-7-3-4-8-20(19)26(34)37/h2-11,13,15,18H,12,14H2,1H3,(H,32,35). The first-order chi connectivity index (χ1) is 18.1. The molecule has 5 rings (SSSR count). The highest BCUT2D eigenvalue weighted by Gasteiger charge is 2.38. The Kier molecular flexibility index (Phi) is 6.35. The Bertz CT molecular complexity index is 1500. The van der Waals surface area contributed by atoms with E-state index in [1.807, 2.05) is 0 Å². The molecule has 0 bridgehead atoms. The van der Waals surface area contributed by atoms with Crippen LogP contribution in [0.3, 0.4) is 0 Å². The molecule has 38 heavy (non-hydrogen) atoms. The van der Waals surface area contributed by atoms with Crippen molar-refractivity contribution in [3.8, 4) is 11.3 Å². The van der Waals surface area contributed by atoms with Crippen molar-refractivity contribution in [3.63, 3.8) is 0 Å². The number of carbonyl (C=O) groups is 3. The number of halogens is 3. The fraction of sp³-hybridized carbons (Fsp3) is 0.185. The summed E-state index contributed by atoms with van der Waals surface area (Å²) in [6, 6.07) is 13.4. The SMILES string of the molecule is Cn1nccc1-c1coc(C(=O)NC(Cc2ccccc2C(F)(F)F)CN2C(=O)c3ccccc3C2=O)c1. The summed E-state index contributed by atoms with van der Waals surface area (Å²) >= 11 is 0. The van der Waals surface area contributed by atoms with Gasteiger partial charge in [0.25, 0.3) is 17.7 Å². The number of nitrogens with zero attached hydrogens (tertiary/aromatic N) is 3. The Morgan fingerprint density at radius 3 is 2.32 bits per heavy atom. The zero-order chi connectivity index (χ0) is 27.0.